The van der Waals surface area contributed by atoms with E-state index in [1.807, 2.05) is 19.1 Å². The lowest BCUT2D eigenvalue weighted by Crippen LogP contribution is -2.25. The van der Waals surface area contributed by atoms with Crippen molar-refractivity contribution in [1.29, 1.82) is 0 Å². The minimum atomic E-state index is -0.0209. The van der Waals surface area contributed by atoms with Gasteiger partial charge in [-0.25, -0.2) is 0 Å². The van der Waals surface area contributed by atoms with E-state index >= 15 is 0 Å². The van der Waals surface area contributed by atoms with Gasteiger partial charge in [0.15, 0.2) is 0 Å². The van der Waals surface area contributed by atoms with Crippen LogP contribution in [0.15, 0.2) is 12.1 Å². The number of aromatic nitrogens is 1. The molecule has 1 aromatic heterocycles. The van der Waals surface area contributed by atoms with Crippen molar-refractivity contribution in [2.24, 2.45) is 5.73 Å². The molecule has 2 heterocycles. The smallest absolute Gasteiger partial charge is 0.141 e. The first-order valence-electron chi connectivity index (χ1n) is 7.92. The summed E-state index contributed by atoms with van der Waals surface area (Å²) in [6, 6.07) is 4.11. The maximum Gasteiger partial charge on any atom is 0.141 e. The van der Waals surface area contributed by atoms with Gasteiger partial charge in [-0.3, -0.25) is 4.98 Å². The number of hydrogen-bond acceptors (Lipinski definition) is 4. The largest absolute Gasteiger partial charge is 0.489 e. The summed E-state index contributed by atoms with van der Waals surface area (Å²) in [4.78, 5) is 4.59. The predicted octanol–water partition coefficient (Wildman–Crippen LogP) is 3.01. The topological polar surface area (TPSA) is 57.4 Å². The van der Waals surface area contributed by atoms with E-state index in [1.165, 1.54) is 0 Å². The van der Waals surface area contributed by atoms with E-state index in [1.54, 1.807) is 0 Å². The number of hydrogen-bond donors (Lipinski definition) is 1. The SMILES string of the molecule is CCC(N)Cc1nc(C)ccc1OCC1CCC(C)(C)O1. The third-order valence-corrected chi connectivity index (χ3v) is 4.03. The average Bonchev–Trinajstić information content (AvgIpc) is 2.77. The van der Waals surface area contributed by atoms with Crippen LogP contribution in [0.25, 0.3) is 0 Å². The van der Waals surface area contributed by atoms with Crippen LogP contribution in [-0.4, -0.2) is 29.3 Å². The first kappa shape index (κ1) is 16.2. The predicted molar refractivity (Wildman–Crippen MR) is 84.6 cm³/mol. The van der Waals surface area contributed by atoms with Crippen LogP contribution in [0.1, 0.15) is 51.4 Å². The highest BCUT2D eigenvalue weighted by molar-refractivity contribution is 5.30. The maximum absolute atomic E-state index is 6.06. The fraction of sp³-hybridized carbons (Fsp3) is 0.706. The average molecular weight is 292 g/mol. The molecular weight excluding hydrogens is 264 g/mol. The molecule has 0 aromatic carbocycles. The molecule has 1 fully saturated rings. The molecule has 0 amide bonds. The van der Waals surface area contributed by atoms with E-state index in [0.29, 0.717) is 6.61 Å². The fourth-order valence-electron chi connectivity index (χ4n) is 2.65. The van der Waals surface area contributed by atoms with E-state index in [-0.39, 0.29) is 17.7 Å². The molecule has 0 bridgehead atoms. The molecule has 2 unspecified atom stereocenters. The van der Waals surface area contributed by atoms with Crippen LogP contribution in [0.4, 0.5) is 0 Å². The van der Waals surface area contributed by atoms with E-state index < -0.39 is 0 Å². The van der Waals surface area contributed by atoms with Crippen molar-refractivity contribution in [1.82, 2.24) is 4.98 Å². The van der Waals surface area contributed by atoms with Crippen molar-refractivity contribution in [3.63, 3.8) is 0 Å². The van der Waals surface area contributed by atoms with Gasteiger partial charge in [-0.2, -0.15) is 0 Å². The minimum Gasteiger partial charge on any atom is -0.489 e. The third kappa shape index (κ3) is 4.68. The van der Waals surface area contributed by atoms with Gasteiger partial charge in [-0.15, -0.1) is 0 Å². The van der Waals surface area contributed by atoms with Crippen molar-refractivity contribution in [2.45, 2.75) is 71.1 Å². The zero-order chi connectivity index (χ0) is 15.5. The number of aryl methyl sites for hydroxylation is 1. The Hall–Kier alpha value is -1.13. The molecule has 0 saturated carbocycles. The molecule has 2 N–H and O–H groups in total. The first-order chi connectivity index (χ1) is 9.89. The number of nitrogens with two attached hydrogens (primary N) is 1. The molecule has 2 rings (SSSR count). The Morgan fingerprint density at radius 3 is 2.86 bits per heavy atom. The highest BCUT2D eigenvalue weighted by Crippen LogP contribution is 2.30. The van der Waals surface area contributed by atoms with E-state index in [0.717, 1.165) is 42.8 Å². The minimum absolute atomic E-state index is 0.0209. The van der Waals surface area contributed by atoms with Gasteiger partial charge in [-0.05, 0) is 52.2 Å². The van der Waals surface area contributed by atoms with Gasteiger partial charge in [0.2, 0.25) is 0 Å². The van der Waals surface area contributed by atoms with Gasteiger partial charge in [-0.1, -0.05) is 6.92 Å². The summed E-state index contributed by atoms with van der Waals surface area (Å²) in [6.45, 7) is 8.93. The van der Waals surface area contributed by atoms with E-state index in [4.69, 9.17) is 15.2 Å². The first-order valence-corrected chi connectivity index (χ1v) is 7.92. The number of ether oxygens (including phenoxy) is 2. The molecule has 118 valence electrons. The van der Waals surface area contributed by atoms with Gasteiger partial charge in [0, 0.05) is 18.2 Å². The normalized spacial score (nSPS) is 22.2. The van der Waals surface area contributed by atoms with Crippen molar-refractivity contribution in [2.75, 3.05) is 6.61 Å². The van der Waals surface area contributed by atoms with Crippen LogP contribution in [0, 0.1) is 6.92 Å². The lowest BCUT2D eigenvalue weighted by molar-refractivity contribution is -0.0328. The summed E-state index contributed by atoms with van der Waals surface area (Å²) in [6.07, 6.45) is 4.00. The van der Waals surface area contributed by atoms with Crippen LogP contribution in [0.5, 0.6) is 5.75 Å². The quantitative estimate of drug-likeness (QED) is 0.875. The van der Waals surface area contributed by atoms with Crippen LogP contribution >= 0.6 is 0 Å². The lowest BCUT2D eigenvalue weighted by Gasteiger charge is -2.20. The number of pyridine rings is 1. The molecule has 0 radical (unpaired) electrons. The van der Waals surface area contributed by atoms with Crippen LogP contribution in [0.2, 0.25) is 0 Å². The molecule has 1 aliphatic heterocycles. The molecule has 1 aliphatic rings. The monoisotopic (exact) mass is 292 g/mol. The molecule has 2 atom stereocenters. The Balaban J connectivity index is 1.99. The standard InChI is InChI=1S/C17H28N2O2/c1-5-13(18)10-15-16(7-6-12(2)19-15)20-11-14-8-9-17(3,4)21-14/h6-7,13-14H,5,8-11,18H2,1-4H3. The highest BCUT2D eigenvalue weighted by Gasteiger charge is 2.32. The van der Waals surface area contributed by atoms with Crippen molar-refractivity contribution in [3.05, 3.63) is 23.5 Å². The second-order valence-corrected chi connectivity index (χ2v) is 6.62. The summed E-state index contributed by atoms with van der Waals surface area (Å²) < 4.78 is 11.9. The van der Waals surface area contributed by atoms with Crippen LogP contribution < -0.4 is 10.5 Å². The van der Waals surface area contributed by atoms with Gasteiger partial charge < -0.3 is 15.2 Å². The Bertz CT molecular complexity index is 474. The molecule has 4 heteroatoms. The molecule has 0 spiro atoms. The van der Waals surface area contributed by atoms with Gasteiger partial charge in [0.05, 0.1) is 17.4 Å². The van der Waals surface area contributed by atoms with Gasteiger partial charge in [0.25, 0.3) is 0 Å². The Morgan fingerprint density at radius 2 is 2.24 bits per heavy atom. The van der Waals surface area contributed by atoms with E-state index in [9.17, 15) is 0 Å². The molecule has 4 nitrogen and oxygen atoms in total. The van der Waals surface area contributed by atoms with Crippen molar-refractivity contribution >= 4 is 0 Å². The van der Waals surface area contributed by atoms with E-state index in [2.05, 4.69) is 25.8 Å². The Labute approximate surface area is 128 Å². The van der Waals surface area contributed by atoms with Gasteiger partial charge in [0.1, 0.15) is 12.4 Å². The molecule has 21 heavy (non-hydrogen) atoms. The zero-order valence-corrected chi connectivity index (χ0v) is 13.7. The summed E-state index contributed by atoms with van der Waals surface area (Å²) in [5.74, 6) is 0.845. The third-order valence-electron chi connectivity index (χ3n) is 4.03. The second-order valence-electron chi connectivity index (χ2n) is 6.62. The Morgan fingerprint density at radius 1 is 1.48 bits per heavy atom. The molecular formula is C17H28N2O2. The number of rotatable bonds is 6. The summed E-state index contributed by atoms with van der Waals surface area (Å²) in [5, 5.41) is 0. The van der Waals surface area contributed by atoms with Crippen LogP contribution in [-0.2, 0) is 11.2 Å². The summed E-state index contributed by atoms with van der Waals surface area (Å²) >= 11 is 0. The Kier molecular flexibility index (Phi) is 5.22. The lowest BCUT2D eigenvalue weighted by atomic mass is 10.1. The van der Waals surface area contributed by atoms with Gasteiger partial charge >= 0.3 is 0 Å². The molecule has 1 saturated heterocycles. The summed E-state index contributed by atoms with van der Waals surface area (Å²) in [7, 11) is 0. The maximum atomic E-state index is 6.06. The molecule has 0 aliphatic carbocycles. The summed E-state index contributed by atoms with van der Waals surface area (Å²) in [5.41, 5.74) is 8.00. The number of nitrogens with zero attached hydrogens (tertiary/aromatic N) is 1. The molecule has 1 aromatic rings. The zero-order valence-electron chi connectivity index (χ0n) is 13.7. The van der Waals surface area contributed by atoms with Crippen molar-refractivity contribution < 1.29 is 9.47 Å². The van der Waals surface area contributed by atoms with Crippen molar-refractivity contribution in [3.8, 4) is 5.75 Å². The highest BCUT2D eigenvalue weighted by atomic mass is 16.6. The van der Waals surface area contributed by atoms with Crippen LogP contribution in [0.3, 0.4) is 0 Å². The fourth-order valence-corrected chi connectivity index (χ4v) is 2.65. The second kappa shape index (κ2) is 6.75.